The van der Waals surface area contributed by atoms with Crippen molar-refractivity contribution in [1.82, 2.24) is 14.9 Å². The van der Waals surface area contributed by atoms with Crippen LogP contribution in [0, 0.1) is 11.8 Å². The molecule has 1 aromatic rings. The van der Waals surface area contributed by atoms with E-state index >= 15 is 0 Å². The predicted octanol–water partition coefficient (Wildman–Crippen LogP) is 1.40. The minimum atomic E-state index is 0.0671. The van der Waals surface area contributed by atoms with Crippen molar-refractivity contribution in [1.29, 1.82) is 0 Å². The number of anilines is 1. The monoisotopic (exact) mass is 332 g/mol. The third kappa shape index (κ3) is 3.35. The van der Waals surface area contributed by atoms with Crippen molar-refractivity contribution in [2.75, 3.05) is 44.3 Å². The quantitative estimate of drug-likeness (QED) is 0.907. The van der Waals surface area contributed by atoms with E-state index < -0.39 is 0 Å². The van der Waals surface area contributed by atoms with Crippen LogP contribution in [0.3, 0.4) is 0 Å². The molecule has 0 radical (unpaired) electrons. The van der Waals surface area contributed by atoms with E-state index in [0.29, 0.717) is 5.92 Å². The van der Waals surface area contributed by atoms with Gasteiger partial charge in [0.15, 0.2) is 0 Å². The highest BCUT2D eigenvalue weighted by Gasteiger charge is 2.26. The fourth-order valence-corrected chi connectivity index (χ4v) is 4.10. The van der Waals surface area contributed by atoms with Crippen molar-refractivity contribution in [2.24, 2.45) is 11.8 Å². The predicted molar refractivity (Wildman–Crippen MR) is 93.4 cm³/mol. The number of aromatic amines is 1. The second-order valence-electron chi connectivity index (χ2n) is 7.70. The van der Waals surface area contributed by atoms with Crippen molar-refractivity contribution >= 4 is 5.95 Å². The highest BCUT2D eigenvalue weighted by Crippen LogP contribution is 2.23. The first-order valence-electron chi connectivity index (χ1n) is 9.36. The zero-order valence-electron chi connectivity index (χ0n) is 14.6. The van der Waals surface area contributed by atoms with Crippen LogP contribution in [0.2, 0.25) is 0 Å². The lowest BCUT2D eigenvalue weighted by Crippen LogP contribution is -2.40. The molecule has 24 heavy (non-hydrogen) atoms. The summed E-state index contributed by atoms with van der Waals surface area (Å²) in [6, 6.07) is 0. The van der Waals surface area contributed by atoms with Gasteiger partial charge in [-0.15, -0.1) is 0 Å². The van der Waals surface area contributed by atoms with Crippen LogP contribution >= 0.6 is 0 Å². The smallest absolute Gasteiger partial charge is 0.255 e. The average molecular weight is 332 g/mol. The Hall–Kier alpha value is -1.40. The fraction of sp³-hybridized carbons (Fsp3) is 0.778. The first-order chi connectivity index (χ1) is 11.7. The van der Waals surface area contributed by atoms with Gasteiger partial charge in [0.1, 0.15) is 0 Å². The molecule has 0 saturated carbocycles. The molecule has 4 heterocycles. The normalized spacial score (nSPS) is 25.9. The summed E-state index contributed by atoms with van der Waals surface area (Å²) in [5, 5.41) is 0. The van der Waals surface area contributed by atoms with Gasteiger partial charge in [0.2, 0.25) is 5.95 Å². The number of fused-ring (bicyclic) bond motifs is 1. The van der Waals surface area contributed by atoms with Gasteiger partial charge in [-0.2, -0.15) is 0 Å². The molecule has 1 aromatic heterocycles. The Morgan fingerprint density at radius 1 is 1.25 bits per heavy atom. The molecule has 0 spiro atoms. The van der Waals surface area contributed by atoms with Crippen molar-refractivity contribution < 1.29 is 4.74 Å². The van der Waals surface area contributed by atoms with Crippen molar-refractivity contribution in [3.63, 3.8) is 0 Å². The topological polar surface area (TPSA) is 61.5 Å². The first kappa shape index (κ1) is 16.1. The Labute approximate surface area is 143 Å². The van der Waals surface area contributed by atoms with E-state index in [1.54, 1.807) is 0 Å². The lowest BCUT2D eigenvalue weighted by molar-refractivity contribution is 0.161. The van der Waals surface area contributed by atoms with Gasteiger partial charge in [-0.25, -0.2) is 4.98 Å². The second kappa shape index (κ2) is 6.84. The fourth-order valence-electron chi connectivity index (χ4n) is 4.10. The summed E-state index contributed by atoms with van der Waals surface area (Å²) in [7, 11) is 0. The zero-order chi connectivity index (χ0) is 16.5. The SMILES string of the molecule is CC1CCN(c2nc3c(c(=O)[nH]2)CCN(C[C@@H]2CCOC2)C3)CC1. The third-order valence-corrected chi connectivity index (χ3v) is 5.76. The highest BCUT2D eigenvalue weighted by atomic mass is 16.5. The van der Waals surface area contributed by atoms with Crippen molar-refractivity contribution in [3.8, 4) is 0 Å². The van der Waals surface area contributed by atoms with E-state index in [4.69, 9.17) is 9.72 Å². The summed E-state index contributed by atoms with van der Waals surface area (Å²) in [4.78, 5) is 25.0. The molecule has 1 atom stereocenters. The van der Waals surface area contributed by atoms with Gasteiger partial charge in [-0.05, 0) is 37.5 Å². The molecule has 4 rings (SSSR count). The number of nitrogens with zero attached hydrogens (tertiary/aromatic N) is 3. The van der Waals surface area contributed by atoms with Crippen LogP contribution in [0.15, 0.2) is 4.79 Å². The van der Waals surface area contributed by atoms with Crippen LogP contribution in [0.1, 0.15) is 37.4 Å². The summed E-state index contributed by atoms with van der Waals surface area (Å²) in [6.07, 6.45) is 4.31. The Kier molecular flexibility index (Phi) is 4.59. The maximum atomic E-state index is 12.5. The van der Waals surface area contributed by atoms with Crippen LogP contribution in [-0.2, 0) is 17.7 Å². The van der Waals surface area contributed by atoms with Gasteiger partial charge in [0.25, 0.3) is 5.56 Å². The standard InChI is InChI=1S/C18H28N4O2/c1-13-2-7-22(8-3-13)18-19-16-11-21(10-14-5-9-24-12-14)6-4-15(16)17(23)20-18/h13-14H,2-12H2,1H3,(H,19,20,23)/t14-/m0/s1. The molecule has 3 aliphatic rings. The van der Waals surface area contributed by atoms with E-state index in [0.717, 1.165) is 81.9 Å². The molecule has 0 aromatic carbocycles. The number of aromatic nitrogens is 2. The summed E-state index contributed by atoms with van der Waals surface area (Å²) in [6.45, 7) is 8.86. The molecule has 6 heteroatoms. The molecular weight excluding hydrogens is 304 g/mol. The van der Waals surface area contributed by atoms with E-state index in [2.05, 4.69) is 21.7 Å². The Balaban J connectivity index is 1.50. The summed E-state index contributed by atoms with van der Waals surface area (Å²) in [5.41, 5.74) is 1.94. The first-order valence-corrected chi connectivity index (χ1v) is 9.36. The average Bonchev–Trinajstić information content (AvgIpc) is 3.08. The molecule has 2 fully saturated rings. The number of ether oxygens (including phenoxy) is 1. The zero-order valence-corrected chi connectivity index (χ0v) is 14.6. The Morgan fingerprint density at radius 2 is 2.08 bits per heavy atom. The maximum Gasteiger partial charge on any atom is 0.255 e. The Bertz CT molecular complexity index is 630. The number of H-pyrrole nitrogens is 1. The number of nitrogens with one attached hydrogen (secondary N) is 1. The lowest BCUT2D eigenvalue weighted by atomic mass is 9.99. The molecule has 0 unspecified atom stereocenters. The Morgan fingerprint density at radius 3 is 2.83 bits per heavy atom. The molecule has 132 valence electrons. The molecular formula is C18H28N4O2. The molecule has 2 saturated heterocycles. The van der Waals surface area contributed by atoms with Crippen LogP contribution in [0.25, 0.3) is 0 Å². The van der Waals surface area contributed by atoms with Crippen LogP contribution in [0.5, 0.6) is 0 Å². The molecule has 0 bridgehead atoms. The van der Waals surface area contributed by atoms with Crippen molar-refractivity contribution in [3.05, 3.63) is 21.6 Å². The maximum absolute atomic E-state index is 12.5. The van der Waals surface area contributed by atoms with E-state index in [-0.39, 0.29) is 5.56 Å². The number of rotatable bonds is 3. The van der Waals surface area contributed by atoms with Crippen molar-refractivity contribution in [2.45, 2.75) is 39.2 Å². The van der Waals surface area contributed by atoms with E-state index in [1.807, 2.05) is 0 Å². The largest absolute Gasteiger partial charge is 0.381 e. The summed E-state index contributed by atoms with van der Waals surface area (Å²) in [5.74, 6) is 2.18. The number of hydrogen-bond donors (Lipinski definition) is 1. The molecule has 6 nitrogen and oxygen atoms in total. The lowest BCUT2D eigenvalue weighted by Gasteiger charge is -2.33. The van der Waals surface area contributed by atoms with Gasteiger partial charge in [-0.3, -0.25) is 14.7 Å². The molecule has 1 N–H and O–H groups in total. The summed E-state index contributed by atoms with van der Waals surface area (Å²) >= 11 is 0. The third-order valence-electron chi connectivity index (χ3n) is 5.76. The van der Waals surface area contributed by atoms with Crippen LogP contribution in [0.4, 0.5) is 5.95 Å². The van der Waals surface area contributed by atoms with Gasteiger partial charge < -0.3 is 9.64 Å². The van der Waals surface area contributed by atoms with Gasteiger partial charge >= 0.3 is 0 Å². The minimum Gasteiger partial charge on any atom is -0.381 e. The molecule has 0 aliphatic carbocycles. The highest BCUT2D eigenvalue weighted by molar-refractivity contribution is 5.34. The number of piperidine rings is 1. The van der Waals surface area contributed by atoms with Gasteiger partial charge in [0.05, 0.1) is 12.3 Å². The molecule has 3 aliphatic heterocycles. The van der Waals surface area contributed by atoms with E-state index in [1.165, 1.54) is 12.8 Å². The van der Waals surface area contributed by atoms with E-state index in [9.17, 15) is 4.79 Å². The number of hydrogen-bond acceptors (Lipinski definition) is 5. The van der Waals surface area contributed by atoms with Crippen LogP contribution in [-0.4, -0.2) is 54.3 Å². The van der Waals surface area contributed by atoms with Gasteiger partial charge in [0, 0.05) is 44.9 Å². The van der Waals surface area contributed by atoms with Crippen LogP contribution < -0.4 is 10.5 Å². The second-order valence-corrected chi connectivity index (χ2v) is 7.70. The molecule has 0 amide bonds. The summed E-state index contributed by atoms with van der Waals surface area (Å²) < 4.78 is 5.49. The van der Waals surface area contributed by atoms with Gasteiger partial charge in [-0.1, -0.05) is 6.92 Å². The minimum absolute atomic E-state index is 0.0671.